The summed E-state index contributed by atoms with van der Waals surface area (Å²) >= 11 is 2.67. The molecule has 1 aromatic carbocycles. The Hall–Kier alpha value is -2.83. The molecule has 0 aliphatic heterocycles. The molecule has 2 heterocycles. The minimum atomic E-state index is -0.202. The summed E-state index contributed by atoms with van der Waals surface area (Å²) in [5.74, 6) is 1.46. The molecule has 1 aliphatic rings. The maximum absolute atomic E-state index is 12.4. The van der Waals surface area contributed by atoms with E-state index in [0.29, 0.717) is 27.6 Å². The monoisotopic (exact) mass is 468 g/mol. The van der Waals surface area contributed by atoms with Crippen molar-refractivity contribution < 1.29 is 13.9 Å². The lowest BCUT2D eigenvalue weighted by Crippen LogP contribution is -2.14. The molecule has 2 aromatic heterocycles. The molecule has 7 nitrogen and oxygen atoms in total. The number of hydrogen-bond donors (Lipinski definition) is 1. The molecule has 9 heteroatoms. The van der Waals surface area contributed by atoms with Gasteiger partial charge in [-0.1, -0.05) is 37.7 Å². The van der Waals surface area contributed by atoms with Crippen molar-refractivity contribution in [3.05, 3.63) is 51.7 Å². The summed E-state index contributed by atoms with van der Waals surface area (Å²) < 4.78 is 11.3. The molecular weight excluding hydrogens is 444 g/mol. The van der Waals surface area contributed by atoms with Crippen LogP contribution < -0.4 is 10.1 Å². The zero-order valence-electron chi connectivity index (χ0n) is 18.0. The minimum absolute atomic E-state index is 0.118. The quantitative estimate of drug-likeness (QED) is 0.447. The topological polar surface area (TPSA) is 101 Å². The van der Waals surface area contributed by atoms with E-state index in [9.17, 15) is 10.1 Å². The Balaban J connectivity index is 1.27. The highest BCUT2D eigenvalue weighted by Gasteiger charge is 2.22. The Bertz CT molecular complexity index is 1130. The molecule has 3 aromatic rings. The van der Waals surface area contributed by atoms with Crippen molar-refractivity contribution in [1.82, 2.24) is 10.2 Å². The Labute approximate surface area is 195 Å². The summed E-state index contributed by atoms with van der Waals surface area (Å²) in [5.41, 5.74) is 2.96. The van der Waals surface area contributed by atoms with E-state index in [2.05, 4.69) is 35.4 Å². The lowest BCUT2D eigenvalue weighted by molar-refractivity contribution is -0.113. The third kappa shape index (κ3) is 5.31. The van der Waals surface area contributed by atoms with Crippen molar-refractivity contribution in [3.63, 3.8) is 0 Å². The van der Waals surface area contributed by atoms with Crippen molar-refractivity contribution in [2.24, 2.45) is 0 Å². The van der Waals surface area contributed by atoms with Gasteiger partial charge in [0.15, 0.2) is 6.61 Å². The molecule has 1 amide bonds. The first-order valence-electron chi connectivity index (χ1n) is 10.6. The molecule has 0 unspecified atom stereocenters. The number of fused-ring (bicyclic) bond motifs is 1. The van der Waals surface area contributed by atoms with Crippen molar-refractivity contribution in [2.45, 2.75) is 57.3 Å². The summed E-state index contributed by atoms with van der Waals surface area (Å²) in [6, 6.07) is 10.2. The van der Waals surface area contributed by atoms with Gasteiger partial charge in [-0.3, -0.25) is 4.79 Å². The summed E-state index contributed by atoms with van der Waals surface area (Å²) in [5, 5.41) is 21.3. The van der Waals surface area contributed by atoms with Crippen LogP contribution in [0.15, 0.2) is 33.9 Å². The summed E-state index contributed by atoms with van der Waals surface area (Å²) in [4.78, 5) is 13.6. The number of rotatable bonds is 8. The Morgan fingerprint density at radius 3 is 2.81 bits per heavy atom. The van der Waals surface area contributed by atoms with Crippen LogP contribution in [-0.4, -0.2) is 21.9 Å². The highest BCUT2D eigenvalue weighted by atomic mass is 32.2. The second-order valence-electron chi connectivity index (χ2n) is 7.84. The average molecular weight is 469 g/mol. The summed E-state index contributed by atoms with van der Waals surface area (Å²) in [6.45, 7) is 4.45. The fourth-order valence-corrected chi connectivity index (χ4v) is 5.35. The molecule has 1 aliphatic carbocycles. The lowest BCUT2D eigenvalue weighted by Gasteiger charge is -2.09. The van der Waals surface area contributed by atoms with E-state index < -0.39 is 0 Å². The van der Waals surface area contributed by atoms with E-state index in [1.54, 1.807) is 0 Å². The molecule has 0 saturated carbocycles. The fourth-order valence-electron chi connectivity index (χ4n) is 3.51. The maximum Gasteiger partial charge on any atom is 0.277 e. The molecule has 0 saturated heterocycles. The number of aromatic nitrogens is 2. The fraction of sp³-hybridized carbons (Fsp3) is 0.391. The lowest BCUT2D eigenvalue weighted by atomic mass is 9.96. The number of amides is 1. The first kappa shape index (κ1) is 22.4. The van der Waals surface area contributed by atoms with Crippen LogP contribution in [0.3, 0.4) is 0 Å². The smallest absolute Gasteiger partial charge is 0.277 e. The van der Waals surface area contributed by atoms with Crippen LogP contribution in [0.25, 0.3) is 0 Å². The van der Waals surface area contributed by atoms with Crippen LogP contribution in [0, 0.1) is 11.3 Å². The molecule has 166 valence electrons. The second-order valence-corrected chi connectivity index (χ2v) is 9.87. The molecule has 0 radical (unpaired) electrons. The number of nitrogens with one attached hydrogen (secondary N) is 1. The van der Waals surface area contributed by atoms with Crippen LogP contribution in [0.5, 0.6) is 5.75 Å². The van der Waals surface area contributed by atoms with Crippen molar-refractivity contribution in [1.29, 1.82) is 5.26 Å². The number of thiophene rings is 1. The van der Waals surface area contributed by atoms with Gasteiger partial charge in [0.05, 0.1) is 11.3 Å². The van der Waals surface area contributed by atoms with Gasteiger partial charge in [0.2, 0.25) is 5.91 Å². The first-order valence-corrected chi connectivity index (χ1v) is 12.4. The number of hydrogen-bond acceptors (Lipinski definition) is 8. The summed E-state index contributed by atoms with van der Waals surface area (Å²) in [6.07, 6.45) is 4.12. The van der Waals surface area contributed by atoms with E-state index >= 15 is 0 Å². The number of anilines is 1. The molecule has 0 spiro atoms. The van der Waals surface area contributed by atoms with Gasteiger partial charge in [-0.2, -0.15) is 5.26 Å². The van der Waals surface area contributed by atoms with Crippen molar-refractivity contribution >= 4 is 34.0 Å². The molecule has 0 atom stereocenters. The van der Waals surface area contributed by atoms with Crippen molar-refractivity contribution in [2.75, 3.05) is 11.1 Å². The van der Waals surface area contributed by atoms with E-state index in [4.69, 9.17) is 9.15 Å². The number of nitriles is 1. The van der Waals surface area contributed by atoms with Crippen LogP contribution in [0.2, 0.25) is 0 Å². The van der Waals surface area contributed by atoms with Crippen LogP contribution >= 0.6 is 23.1 Å². The van der Waals surface area contributed by atoms with Gasteiger partial charge in [0.1, 0.15) is 16.8 Å². The maximum atomic E-state index is 12.4. The van der Waals surface area contributed by atoms with Gasteiger partial charge >= 0.3 is 0 Å². The Morgan fingerprint density at radius 2 is 2.06 bits per heavy atom. The molecule has 4 rings (SSSR count). The third-order valence-corrected chi connectivity index (χ3v) is 7.25. The van der Waals surface area contributed by atoms with E-state index in [0.717, 1.165) is 48.8 Å². The molecule has 32 heavy (non-hydrogen) atoms. The van der Waals surface area contributed by atoms with E-state index in [1.165, 1.54) is 21.8 Å². The number of benzene rings is 1. The third-order valence-electron chi connectivity index (χ3n) is 5.22. The standard InChI is InChI=1S/C23H24N4O3S2/c1-14(2)15-7-9-16(10-8-15)29-12-21-26-27-23(30-21)31-13-20(28)25-22-18(11-24)17-5-3-4-6-19(17)32-22/h7-10,14H,3-6,12-13H2,1-2H3,(H,25,28). The number of aryl methyl sites for hydroxylation is 1. The summed E-state index contributed by atoms with van der Waals surface area (Å²) in [7, 11) is 0. The molecule has 0 bridgehead atoms. The van der Waals surface area contributed by atoms with Crippen molar-refractivity contribution in [3.8, 4) is 11.8 Å². The number of carbonyl (C=O) groups is 1. The Morgan fingerprint density at radius 1 is 1.28 bits per heavy atom. The van der Waals surface area contributed by atoms with Crippen LogP contribution in [0.1, 0.15) is 60.1 Å². The highest BCUT2D eigenvalue weighted by Crippen LogP contribution is 2.37. The zero-order chi connectivity index (χ0) is 22.5. The van der Waals surface area contributed by atoms with E-state index in [1.807, 2.05) is 24.3 Å². The van der Waals surface area contributed by atoms with Gasteiger partial charge in [0.25, 0.3) is 11.1 Å². The van der Waals surface area contributed by atoms with Gasteiger partial charge in [0, 0.05) is 4.88 Å². The number of ether oxygens (including phenoxy) is 1. The van der Waals surface area contributed by atoms with Crippen LogP contribution in [-0.2, 0) is 24.2 Å². The number of carbonyl (C=O) groups excluding carboxylic acids is 1. The van der Waals surface area contributed by atoms with Gasteiger partial charge in [-0.15, -0.1) is 21.5 Å². The molecule has 1 N–H and O–H groups in total. The number of nitrogens with zero attached hydrogens (tertiary/aromatic N) is 3. The van der Waals surface area contributed by atoms with Crippen LogP contribution in [0.4, 0.5) is 5.00 Å². The largest absolute Gasteiger partial charge is 0.484 e. The van der Waals surface area contributed by atoms with Gasteiger partial charge in [-0.05, 0) is 54.9 Å². The normalized spacial score (nSPS) is 12.9. The van der Waals surface area contributed by atoms with Gasteiger partial charge < -0.3 is 14.5 Å². The Kier molecular flexibility index (Phi) is 7.12. The average Bonchev–Trinajstić information content (AvgIpc) is 3.40. The van der Waals surface area contributed by atoms with E-state index in [-0.39, 0.29) is 18.3 Å². The zero-order valence-corrected chi connectivity index (χ0v) is 19.6. The number of thioether (sulfide) groups is 1. The first-order chi connectivity index (χ1) is 15.5. The minimum Gasteiger partial charge on any atom is -0.484 e. The van der Waals surface area contributed by atoms with Gasteiger partial charge in [-0.25, -0.2) is 0 Å². The molecular formula is C23H24N4O3S2. The predicted octanol–water partition coefficient (Wildman–Crippen LogP) is 5.31. The highest BCUT2D eigenvalue weighted by molar-refractivity contribution is 7.99. The second kappa shape index (κ2) is 10.2. The molecule has 0 fully saturated rings. The predicted molar refractivity (Wildman–Crippen MR) is 124 cm³/mol. The SMILES string of the molecule is CC(C)c1ccc(OCc2nnc(SCC(=O)Nc3sc4c(c3C#N)CCCC4)o2)cc1.